The zero-order valence-corrected chi connectivity index (χ0v) is 26.1. The fourth-order valence-corrected chi connectivity index (χ4v) is 9.75. The van der Waals surface area contributed by atoms with Crippen molar-refractivity contribution >= 4 is 29.5 Å². The first kappa shape index (κ1) is 30.3. The van der Waals surface area contributed by atoms with Crippen molar-refractivity contribution in [1.82, 2.24) is 0 Å². The van der Waals surface area contributed by atoms with Crippen LogP contribution < -0.4 is 0 Å². The Bertz CT molecular complexity index is 1550. The Kier molecular flexibility index (Phi) is 6.30. The average molecular weight is 611 g/mol. The largest absolute Gasteiger partial charge is 0.504 e. The molecule has 1 aliphatic heterocycles. The topological polar surface area (TPSA) is 159 Å². The molecule has 0 amide bonds. The number of hydrogen-bond donors (Lipinski definition) is 1. The number of esters is 3. The number of aliphatic hydroxyl groups excluding tert-OH is 1. The van der Waals surface area contributed by atoms with Gasteiger partial charge in [-0.15, -0.1) is 0 Å². The number of Topliss-reactive ketones (excluding diaryl/α,β-unsaturated/α-hetero) is 1. The van der Waals surface area contributed by atoms with Crippen molar-refractivity contribution in [3.05, 3.63) is 47.6 Å². The Balaban J connectivity index is 1.69. The molecular formula is C33H38O11. The van der Waals surface area contributed by atoms with Gasteiger partial charge >= 0.3 is 17.9 Å². The molecule has 1 aromatic rings. The van der Waals surface area contributed by atoms with Crippen LogP contribution in [0.4, 0.5) is 0 Å². The number of carbonyl (C=O) groups is 5. The molecule has 2 heterocycles. The van der Waals surface area contributed by atoms with Gasteiger partial charge in [-0.05, 0) is 38.0 Å². The summed E-state index contributed by atoms with van der Waals surface area (Å²) in [6, 6.07) is 1.81. The Morgan fingerprint density at radius 2 is 1.77 bits per heavy atom. The van der Waals surface area contributed by atoms with Gasteiger partial charge in [0, 0.05) is 35.2 Å². The molecule has 44 heavy (non-hydrogen) atoms. The second-order valence-electron chi connectivity index (χ2n) is 13.9. The lowest BCUT2D eigenvalue weighted by molar-refractivity contribution is -0.249. The number of furan rings is 1. The summed E-state index contributed by atoms with van der Waals surface area (Å²) in [5.74, 6) is -6.26. The number of allylic oxidation sites excluding steroid dienone is 3. The van der Waals surface area contributed by atoms with Crippen molar-refractivity contribution < 1.29 is 52.4 Å². The van der Waals surface area contributed by atoms with E-state index in [0.717, 1.165) is 12.7 Å². The lowest BCUT2D eigenvalue weighted by atomic mass is 9.38. The smallest absolute Gasteiger partial charge is 0.323 e. The van der Waals surface area contributed by atoms with Gasteiger partial charge in [-0.25, -0.2) is 0 Å². The second kappa shape index (κ2) is 9.15. The lowest BCUT2D eigenvalue weighted by Crippen LogP contribution is -2.76. The van der Waals surface area contributed by atoms with E-state index < -0.39 is 92.6 Å². The van der Waals surface area contributed by atoms with E-state index >= 15 is 0 Å². The molecule has 0 radical (unpaired) electrons. The Labute approximate surface area is 254 Å². The van der Waals surface area contributed by atoms with Gasteiger partial charge in [0.15, 0.2) is 17.0 Å². The predicted molar refractivity (Wildman–Crippen MR) is 151 cm³/mol. The van der Waals surface area contributed by atoms with Gasteiger partial charge in [0.2, 0.25) is 5.78 Å². The highest BCUT2D eigenvalue weighted by Crippen LogP contribution is 2.82. The second-order valence-corrected chi connectivity index (χ2v) is 13.9. The summed E-state index contributed by atoms with van der Waals surface area (Å²) < 4.78 is 29.5. The van der Waals surface area contributed by atoms with Crippen LogP contribution in [-0.2, 0) is 42.9 Å². The Hall–Kier alpha value is -3.73. The van der Waals surface area contributed by atoms with E-state index in [4.69, 9.17) is 23.4 Å². The van der Waals surface area contributed by atoms with Crippen LogP contribution in [-0.4, -0.2) is 65.6 Å². The third kappa shape index (κ3) is 3.23. The van der Waals surface area contributed by atoms with Crippen LogP contribution in [0.3, 0.4) is 0 Å². The molecule has 1 spiro atoms. The summed E-state index contributed by atoms with van der Waals surface area (Å²) in [4.78, 5) is 67.8. The predicted octanol–water partition coefficient (Wildman–Crippen LogP) is 3.77. The highest BCUT2D eigenvalue weighted by atomic mass is 16.6. The summed E-state index contributed by atoms with van der Waals surface area (Å²) in [7, 11) is 1.12. The summed E-state index contributed by atoms with van der Waals surface area (Å²) in [5, 5.41) is 11.9. The number of fused-ring (bicyclic) bond motifs is 3. The number of methoxy groups -OCH3 is 1. The van der Waals surface area contributed by atoms with Gasteiger partial charge in [0.05, 0.1) is 37.1 Å². The highest BCUT2D eigenvalue weighted by Gasteiger charge is 2.92. The van der Waals surface area contributed by atoms with Gasteiger partial charge in [-0.3, -0.25) is 24.0 Å². The third-order valence-electron chi connectivity index (χ3n) is 11.5. The van der Waals surface area contributed by atoms with Gasteiger partial charge in [0.25, 0.3) is 0 Å². The fourth-order valence-electron chi connectivity index (χ4n) is 9.75. The first-order chi connectivity index (χ1) is 20.5. The number of ketones is 2. The van der Waals surface area contributed by atoms with E-state index in [-0.39, 0.29) is 11.5 Å². The number of ether oxygens (including phenoxy) is 4. The van der Waals surface area contributed by atoms with E-state index in [1.165, 1.54) is 32.3 Å². The Morgan fingerprint density at radius 1 is 1.09 bits per heavy atom. The quantitative estimate of drug-likeness (QED) is 0.224. The zero-order valence-electron chi connectivity index (χ0n) is 26.1. The standard InChI is InChI=1S/C33H38O11/c1-15(2)27(38)43-26-22(42-16(3)34)24-29(4)11-9-19(35)30(5,28(39)40-8)23(29)21(36)25(37)32(24,7)33-20(44-33)13-18(31(26,33)6)17-10-12-41-14-17/h9-12,14-15,18,20,22,24,26,36H,13H2,1-8H3/t18-,20+,22?,24?,26-,29-,30-,31+,32-,33+/m0/s1. The molecule has 2 unspecified atom stereocenters. The van der Waals surface area contributed by atoms with Gasteiger partial charge in [0.1, 0.15) is 17.8 Å². The third-order valence-corrected chi connectivity index (χ3v) is 11.5. The molecule has 0 aromatic carbocycles. The van der Waals surface area contributed by atoms with Gasteiger partial charge in [-0.1, -0.05) is 33.8 Å². The fraction of sp³-hybridized carbons (Fsp3) is 0.606. The average Bonchev–Trinajstić information content (AvgIpc) is 3.32. The van der Waals surface area contributed by atoms with Crippen LogP contribution in [0.2, 0.25) is 0 Å². The first-order valence-electron chi connectivity index (χ1n) is 14.9. The zero-order chi connectivity index (χ0) is 32.4. The summed E-state index contributed by atoms with van der Waals surface area (Å²) >= 11 is 0. The molecular weight excluding hydrogens is 572 g/mol. The number of epoxide rings is 1. The maximum atomic E-state index is 14.8. The minimum atomic E-state index is -2.05. The van der Waals surface area contributed by atoms with E-state index in [1.54, 1.807) is 34.0 Å². The number of rotatable bonds is 5. The summed E-state index contributed by atoms with van der Waals surface area (Å²) in [6.45, 7) is 11.2. The van der Waals surface area contributed by atoms with Crippen molar-refractivity contribution in [2.45, 2.75) is 84.7 Å². The molecule has 6 rings (SSSR count). The van der Waals surface area contributed by atoms with Crippen LogP contribution in [0.1, 0.15) is 66.4 Å². The normalized spacial score (nSPS) is 43.5. The van der Waals surface area contributed by atoms with Gasteiger partial charge in [-0.2, -0.15) is 0 Å². The van der Waals surface area contributed by atoms with Crippen LogP contribution in [0.15, 0.2) is 46.5 Å². The summed E-state index contributed by atoms with van der Waals surface area (Å²) in [5.41, 5.74) is -6.86. The molecule has 2 saturated carbocycles. The van der Waals surface area contributed by atoms with Crippen LogP contribution >= 0.6 is 0 Å². The molecule has 11 heteroatoms. The van der Waals surface area contributed by atoms with Crippen molar-refractivity contribution in [3.63, 3.8) is 0 Å². The number of aliphatic hydroxyl groups is 1. The minimum Gasteiger partial charge on any atom is -0.504 e. The van der Waals surface area contributed by atoms with E-state index in [1.807, 2.05) is 13.0 Å². The maximum Gasteiger partial charge on any atom is 0.323 e. The van der Waals surface area contributed by atoms with Crippen molar-refractivity contribution in [2.75, 3.05) is 7.11 Å². The van der Waals surface area contributed by atoms with Crippen LogP contribution in [0.5, 0.6) is 0 Å². The van der Waals surface area contributed by atoms with E-state index in [9.17, 15) is 29.1 Å². The number of hydrogen-bond acceptors (Lipinski definition) is 11. The molecule has 1 saturated heterocycles. The molecule has 4 aliphatic carbocycles. The highest BCUT2D eigenvalue weighted by molar-refractivity contribution is 6.15. The van der Waals surface area contributed by atoms with Crippen molar-refractivity contribution in [1.29, 1.82) is 0 Å². The molecule has 11 nitrogen and oxygen atoms in total. The van der Waals surface area contributed by atoms with Crippen LogP contribution in [0, 0.1) is 33.5 Å². The Morgan fingerprint density at radius 3 is 2.34 bits per heavy atom. The first-order valence-corrected chi connectivity index (χ1v) is 14.9. The van der Waals surface area contributed by atoms with Crippen molar-refractivity contribution in [3.8, 4) is 0 Å². The molecule has 5 aliphatic rings. The lowest BCUT2D eigenvalue weighted by Gasteiger charge is -2.65. The molecule has 1 aromatic heterocycles. The molecule has 0 bridgehead atoms. The minimum absolute atomic E-state index is 0.149. The monoisotopic (exact) mass is 610 g/mol. The van der Waals surface area contributed by atoms with Crippen LogP contribution in [0.25, 0.3) is 0 Å². The maximum absolute atomic E-state index is 14.8. The molecule has 10 atom stereocenters. The summed E-state index contributed by atoms with van der Waals surface area (Å²) in [6.07, 6.45) is 3.48. The van der Waals surface area contributed by atoms with Gasteiger partial charge < -0.3 is 28.5 Å². The molecule has 3 fully saturated rings. The SMILES string of the molecule is COC(=O)[C@@]1(C)C(=O)C=C[C@@]2(C)C1=C(O)C(=O)[C@]1(C)C2C(OC(C)=O)[C@H](OC(=O)C(C)C)[C@@]2(C)[C@H](c3ccoc3)C[C@H]3O[C@]321. The number of carbonyl (C=O) groups excluding carboxylic acids is 5. The van der Waals surface area contributed by atoms with E-state index in [0.29, 0.717) is 6.42 Å². The molecule has 1 N–H and O–H groups in total. The molecule has 236 valence electrons. The van der Waals surface area contributed by atoms with Crippen molar-refractivity contribution in [2.24, 2.45) is 33.5 Å². The van der Waals surface area contributed by atoms with E-state index in [2.05, 4.69) is 0 Å².